The van der Waals surface area contributed by atoms with Gasteiger partial charge in [-0.15, -0.1) is 0 Å². The number of rotatable bonds is 3. The highest BCUT2D eigenvalue weighted by Crippen LogP contribution is 2.30. The van der Waals surface area contributed by atoms with Crippen molar-refractivity contribution in [1.82, 2.24) is 0 Å². The Kier molecular flexibility index (Phi) is 4.81. The maximum Gasteiger partial charge on any atom is 0.416 e. The zero-order valence-corrected chi connectivity index (χ0v) is 12.2. The molecule has 0 bridgehead atoms. The number of carbonyl (C=O) groups is 2. The summed E-state index contributed by atoms with van der Waals surface area (Å²) in [5.41, 5.74) is -1.85. The number of esters is 1. The minimum atomic E-state index is -4.54. The third kappa shape index (κ3) is 4.88. The van der Waals surface area contributed by atoms with E-state index in [1.807, 2.05) is 0 Å². The first-order valence-corrected chi connectivity index (χ1v) is 6.36. The van der Waals surface area contributed by atoms with Crippen LogP contribution in [-0.4, -0.2) is 17.4 Å². The smallest absolute Gasteiger partial charge is 0.416 e. The van der Waals surface area contributed by atoms with Crippen molar-refractivity contribution in [1.29, 1.82) is 0 Å². The molecule has 0 fully saturated rings. The van der Waals surface area contributed by atoms with E-state index < -0.39 is 35.0 Å². The zero-order valence-electron chi connectivity index (χ0n) is 12.2. The summed E-state index contributed by atoms with van der Waals surface area (Å²) in [7, 11) is 0. The van der Waals surface area contributed by atoms with E-state index in [-0.39, 0.29) is 5.56 Å². The van der Waals surface area contributed by atoms with Crippen molar-refractivity contribution in [3.63, 3.8) is 0 Å². The maximum atomic E-state index is 12.6. The van der Waals surface area contributed by atoms with Crippen LogP contribution in [0.25, 0.3) is 0 Å². The first-order chi connectivity index (χ1) is 9.42. The number of alkyl halides is 3. The van der Waals surface area contributed by atoms with Gasteiger partial charge in [0.25, 0.3) is 0 Å². The van der Waals surface area contributed by atoms with E-state index in [2.05, 4.69) is 0 Å². The van der Waals surface area contributed by atoms with E-state index in [0.29, 0.717) is 0 Å². The number of ether oxygens (including phenoxy) is 1. The number of ketones is 1. The van der Waals surface area contributed by atoms with Gasteiger partial charge in [0, 0.05) is 5.56 Å². The summed E-state index contributed by atoms with van der Waals surface area (Å²) in [6.45, 7) is 6.25. The van der Waals surface area contributed by atoms with Gasteiger partial charge in [-0.2, -0.15) is 13.2 Å². The quantitative estimate of drug-likeness (QED) is 0.483. The number of hydrogen-bond donors (Lipinski definition) is 0. The minimum absolute atomic E-state index is 0.164. The van der Waals surface area contributed by atoms with Gasteiger partial charge in [0.15, 0.2) is 5.78 Å². The van der Waals surface area contributed by atoms with Gasteiger partial charge in [-0.3, -0.25) is 9.59 Å². The SMILES string of the molecule is CC(C(=O)OC(C)(C)C)C(=O)c1cccc(C(F)(F)F)c1. The summed E-state index contributed by atoms with van der Waals surface area (Å²) < 4.78 is 42.9. The van der Waals surface area contributed by atoms with Crippen LogP contribution in [0.1, 0.15) is 43.6 Å². The van der Waals surface area contributed by atoms with E-state index in [4.69, 9.17) is 4.74 Å². The Morgan fingerprint density at radius 2 is 1.71 bits per heavy atom. The van der Waals surface area contributed by atoms with Gasteiger partial charge in [0.1, 0.15) is 11.5 Å². The van der Waals surface area contributed by atoms with Crippen LogP contribution in [0.2, 0.25) is 0 Å². The third-order valence-electron chi connectivity index (χ3n) is 2.63. The minimum Gasteiger partial charge on any atom is -0.459 e. The Balaban J connectivity index is 2.96. The van der Waals surface area contributed by atoms with Crippen molar-refractivity contribution >= 4 is 11.8 Å². The number of hydrogen-bond acceptors (Lipinski definition) is 3. The summed E-state index contributed by atoms with van der Waals surface area (Å²) in [5, 5.41) is 0. The summed E-state index contributed by atoms with van der Waals surface area (Å²) in [6.07, 6.45) is -4.54. The average molecular weight is 302 g/mol. The van der Waals surface area contributed by atoms with Crippen LogP contribution in [0.5, 0.6) is 0 Å². The second kappa shape index (κ2) is 5.87. The standard InChI is InChI=1S/C15H17F3O3/c1-9(13(20)21-14(2,3)4)12(19)10-6-5-7-11(8-10)15(16,17)18/h5-9H,1-4H3. The largest absolute Gasteiger partial charge is 0.459 e. The molecular weight excluding hydrogens is 285 g/mol. The van der Waals surface area contributed by atoms with Gasteiger partial charge in [0.05, 0.1) is 5.56 Å². The average Bonchev–Trinajstić information content (AvgIpc) is 2.34. The molecule has 0 radical (unpaired) electrons. The molecule has 21 heavy (non-hydrogen) atoms. The topological polar surface area (TPSA) is 43.4 Å². The van der Waals surface area contributed by atoms with Gasteiger partial charge >= 0.3 is 12.1 Å². The van der Waals surface area contributed by atoms with Crippen molar-refractivity contribution in [3.8, 4) is 0 Å². The van der Waals surface area contributed by atoms with Crippen LogP contribution in [0.15, 0.2) is 24.3 Å². The molecule has 0 spiro atoms. The van der Waals surface area contributed by atoms with Crippen molar-refractivity contribution in [2.45, 2.75) is 39.5 Å². The van der Waals surface area contributed by atoms with Gasteiger partial charge in [-0.05, 0) is 39.8 Å². The van der Waals surface area contributed by atoms with E-state index in [0.717, 1.165) is 18.2 Å². The van der Waals surface area contributed by atoms with Crippen LogP contribution in [0.3, 0.4) is 0 Å². The number of benzene rings is 1. The van der Waals surface area contributed by atoms with Crippen LogP contribution < -0.4 is 0 Å². The summed E-state index contributed by atoms with van der Waals surface area (Å²) in [5.74, 6) is -2.62. The molecule has 0 saturated carbocycles. The monoisotopic (exact) mass is 302 g/mol. The predicted octanol–water partition coefficient (Wildman–Crippen LogP) is 3.87. The highest BCUT2D eigenvalue weighted by atomic mass is 19.4. The maximum absolute atomic E-state index is 12.6. The molecule has 0 saturated heterocycles. The fraction of sp³-hybridized carbons (Fsp3) is 0.467. The molecule has 1 aromatic rings. The molecule has 116 valence electrons. The third-order valence-corrected chi connectivity index (χ3v) is 2.63. The molecule has 6 heteroatoms. The second-order valence-electron chi connectivity index (χ2n) is 5.70. The highest BCUT2D eigenvalue weighted by Gasteiger charge is 2.32. The molecule has 0 aliphatic carbocycles. The highest BCUT2D eigenvalue weighted by molar-refractivity contribution is 6.08. The lowest BCUT2D eigenvalue weighted by molar-refractivity contribution is -0.157. The van der Waals surface area contributed by atoms with E-state index in [9.17, 15) is 22.8 Å². The summed E-state index contributed by atoms with van der Waals surface area (Å²) in [4.78, 5) is 23.9. The van der Waals surface area contributed by atoms with Crippen LogP contribution in [-0.2, 0) is 15.7 Å². The predicted molar refractivity (Wildman–Crippen MR) is 70.8 cm³/mol. The Labute approximate surface area is 121 Å². The Morgan fingerprint density at radius 3 is 2.19 bits per heavy atom. The molecule has 3 nitrogen and oxygen atoms in total. The molecule has 0 aliphatic heterocycles. The Morgan fingerprint density at radius 1 is 1.14 bits per heavy atom. The van der Waals surface area contributed by atoms with Crippen molar-refractivity contribution < 1.29 is 27.5 Å². The normalized spacial score (nSPS) is 13.7. The van der Waals surface area contributed by atoms with Crippen molar-refractivity contribution in [2.24, 2.45) is 5.92 Å². The fourth-order valence-electron chi connectivity index (χ4n) is 1.60. The van der Waals surface area contributed by atoms with Crippen molar-refractivity contribution in [2.75, 3.05) is 0 Å². The Bertz CT molecular complexity index is 542. The van der Waals surface area contributed by atoms with E-state index in [1.54, 1.807) is 20.8 Å². The molecule has 1 unspecified atom stereocenters. The van der Waals surface area contributed by atoms with Crippen LogP contribution >= 0.6 is 0 Å². The van der Waals surface area contributed by atoms with E-state index >= 15 is 0 Å². The molecule has 1 atom stereocenters. The first-order valence-electron chi connectivity index (χ1n) is 6.36. The van der Waals surface area contributed by atoms with Gasteiger partial charge in [-0.25, -0.2) is 0 Å². The van der Waals surface area contributed by atoms with Crippen molar-refractivity contribution in [3.05, 3.63) is 35.4 Å². The number of carbonyl (C=O) groups excluding carboxylic acids is 2. The zero-order chi connectivity index (χ0) is 16.4. The summed E-state index contributed by atoms with van der Waals surface area (Å²) >= 11 is 0. The Hall–Kier alpha value is -1.85. The van der Waals surface area contributed by atoms with Gasteiger partial charge < -0.3 is 4.74 Å². The lowest BCUT2D eigenvalue weighted by Gasteiger charge is -2.21. The number of Topliss-reactive ketones (excluding diaryl/α,β-unsaturated/α-hetero) is 1. The van der Waals surface area contributed by atoms with Gasteiger partial charge in [0.2, 0.25) is 0 Å². The molecule has 0 N–H and O–H groups in total. The lowest BCUT2D eigenvalue weighted by Crippen LogP contribution is -2.31. The fourth-order valence-corrected chi connectivity index (χ4v) is 1.60. The van der Waals surface area contributed by atoms with Crippen LogP contribution in [0, 0.1) is 5.92 Å². The van der Waals surface area contributed by atoms with Gasteiger partial charge in [-0.1, -0.05) is 12.1 Å². The number of halogens is 3. The summed E-state index contributed by atoms with van der Waals surface area (Å²) in [6, 6.07) is 3.99. The lowest BCUT2D eigenvalue weighted by atomic mass is 9.97. The van der Waals surface area contributed by atoms with E-state index in [1.165, 1.54) is 13.0 Å². The molecular formula is C15H17F3O3. The first kappa shape index (κ1) is 17.2. The molecule has 1 aromatic carbocycles. The van der Waals surface area contributed by atoms with Crippen LogP contribution in [0.4, 0.5) is 13.2 Å². The molecule has 0 aromatic heterocycles. The molecule has 0 aliphatic rings. The molecule has 1 rings (SSSR count). The second-order valence-corrected chi connectivity index (χ2v) is 5.70. The molecule has 0 amide bonds. The molecule has 0 heterocycles.